The van der Waals surface area contributed by atoms with Crippen molar-refractivity contribution in [1.82, 2.24) is 14.3 Å². The predicted octanol–water partition coefficient (Wildman–Crippen LogP) is 5.08. The van der Waals surface area contributed by atoms with Crippen LogP contribution in [-0.2, 0) is 11.0 Å². The number of benzene rings is 1. The van der Waals surface area contributed by atoms with Crippen molar-refractivity contribution in [3.8, 4) is 22.3 Å². The van der Waals surface area contributed by atoms with Gasteiger partial charge in [0.05, 0.1) is 4.90 Å². The smallest absolute Gasteiger partial charge is 0.138 e. The SMILES string of the molecule is O=S(c1ccc(-c2c[nH]c3nccc(-c4ccsc4)c23)cc1)N1CCCC1. The zero-order chi connectivity index (χ0) is 18.2. The standard InChI is InChI=1S/C21H19N3OS2/c25-27(24-10-1-2-11-24)17-5-3-15(4-6-17)19-13-23-21-20(19)18(7-9-22-21)16-8-12-26-14-16/h3-9,12-14H,1-2,10-11H2,(H,22,23). The van der Waals surface area contributed by atoms with Crippen LogP contribution < -0.4 is 0 Å². The van der Waals surface area contributed by atoms with Crippen molar-refractivity contribution in [2.75, 3.05) is 13.1 Å². The zero-order valence-corrected chi connectivity index (χ0v) is 16.4. The molecule has 0 saturated carbocycles. The van der Waals surface area contributed by atoms with Crippen LogP contribution in [0.5, 0.6) is 0 Å². The summed E-state index contributed by atoms with van der Waals surface area (Å²) in [5, 5.41) is 5.38. The largest absolute Gasteiger partial charge is 0.345 e. The van der Waals surface area contributed by atoms with Gasteiger partial charge in [0.15, 0.2) is 0 Å². The van der Waals surface area contributed by atoms with Gasteiger partial charge in [0.25, 0.3) is 0 Å². The lowest BCUT2D eigenvalue weighted by Gasteiger charge is -2.13. The van der Waals surface area contributed by atoms with E-state index in [1.807, 2.05) is 24.5 Å². The van der Waals surface area contributed by atoms with Crippen LogP contribution in [0, 0.1) is 0 Å². The van der Waals surface area contributed by atoms with E-state index in [-0.39, 0.29) is 0 Å². The third-order valence-corrected chi connectivity index (χ3v) is 7.27. The molecule has 4 nitrogen and oxygen atoms in total. The molecule has 0 spiro atoms. The van der Waals surface area contributed by atoms with Crippen molar-refractivity contribution in [2.45, 2.75) is 17.7 Å². The van der Waals surface area contributed by atoms with Crippen LogP contribution in [0.1, 0.15) is 12.8 Å². The van der Waals surface area contributed by atoms with Gasteiger partial charge in [-0.3, -0.25) is 0 Å². The molecule has 1 aliphatic heterocycles. The first kappa shape index (κ1) is 16.9. The maximum Gasteiger partial charge on any atom is 0.138 e. The van der Waals surface area contributed by atoms with E-state index in [2.05, 4.69) is 49.3 Å². The minimum absolute atomic E-state index is 0.872. The molecule has 1 N–H and O–H groups in total. The van der Waals surface area contributed by atoms with Gasteiger partial charge in [-0.25, -0.2) is 13.5 Å². The molecule has 136 valence electrons. The molecular formula is C21H19N3OS2. The van der Waals surface area contributed by atoms with E-state index in [9.17, 15) is 4.21 Å². The van der Waals surface area contributed by atoms with Gasteiger partial charge in [-0.05, 0) is 64.6 Å². The number of hydrogen-bond acceptors (Lipinski definition) is 3. The second-order valence-electron chi connectivity index (χ2n) is 6.71. The minimum Gasteiger partial charge on any atom is -0.345 e. The quantitative estimate of drug-likeness (QED) is 0.526. The van der Waals surface area contributed by atoms with Crippen molar-refractivity contribution >= 4 is 33.4 Å². The van der Waals surface area contributed by atoms with Crippen LogP contribution >= 0.6 is 11.3 Å². The van der Waals surface area contributed by atoms with E-state index in [1.165, 1.54) is 11.1 Å². The molecule has 27 heavy (non-hydrogen) atoms. The van der Waals surface area contributed by atoms with Crippen LogP contribution in [0.3, 0.4) is 0 Å². The summed E-state index contributed by atoms with van der Waals surface area (Å²) in [5.74, 6) is 0. The molecule has 6 heteroatoms. The number of nitrogens with zero attached hydrogens (tertiary/aromatic N) is 2. The Balaban J connectivity index is 1.55. The molecule has 5 rings (SSSR count). The highest BCUT2D eigenvalue weighted by Crippen LogP contribution is 2.36. The van der Waals surface area contributed by atoms with Gasteiger partial charge in [0.1, 0.15) is 16.6 Å². The molecule has 1 saturated heterocycles. The first-order valence-corrected chi connectivity index (χ1v) is 11.1. The van der Waals surface area contributed by atoms with Crippen LogP contribution in [0.15, 0.2) is 64.4 Å². The molecule has 1 aromatic carbocycles. The Labute approximate surface area is 164 Å². The Morgan fingerprint density at radius 1 is 1.00 bits per heavy atom. The summed E-state index contributed by atoms with van der Waals surface area (Å²) in [4.78, 5) is 8.66. The number of aromatic amines is 1. The van der Waals surface area contributed by atoms with Gasteiger partial charge in [0, 0.05) is 36.4 Å². The maximum absolute atomic E-state index is 12.7. The van der Waals surface area contributed by atoms with E-state index in [0.717, 1.165) is 53.0 Å². The number of hydrogen-bond donors (Lipinski definition) is 1. The maximum atomic E-state index is 12.7. The van der Waals surface area contributed by atoms with E-state index >= 15 is 0 Å². The average molecular weight is 394 g/mol. The lowest BCUT2D eigenvalue weighted by Crippen LogP contribution is -2.21. The lowest BCUT2D eigenvalue weighted by atomic mass is 10.00. The Bertz CT molecular complexity index is 1090. The molecule has 4 aromatic rings. The van der Waals surface area contributed by atoms with Gasteiger partial charge in [-0.2, -0.15) is 11.3 Å². The van der Waals surface area contributed by atoms with Crippen LogP contribution in [0.2, 0.25) is 0 Å². The number of fused-ring (bicyclic) bond motifs is 1. The van der Waals surface area contributed by atoms with Gasteiger partial charge >= 0.3 is 0 Å². The summed E-state index contributed by atoms with van der Waals surface area (Å²) in [6, 6.07) is 12.3. The zero-order valence-electron chi connectivity index (χ0n) is 14.7. The van der Waals surface area contributed by atoms with Crippen molar-refractivity contribution < 1.29 is 4.21 Å². The highest BCUT2D eigenvalue weighted by atomic mass is 32.2. The van der Waals surface area contributed by atoms with Crippen LogP contribution in [-0.4, -0.2) is 31.6 Å². The minimum atomic E-state index is -1.06. The summed E-state index contributed by atoms with van der Waals surface area (Å²) in [6.45, 7) is 1.85. The fourth-order valence-corrected chi connectivity index (χ4v) is 5.61. The molecule has 0 bridgehead atoms. The molecule has 3 aromatic heterocycles. The fraction of sp³-hybridized carbons (Fsp3) is 0.190. The Kier molecular flexibility index (Phi) is 4.39. The monoisotopic (exact) mass is 393 g/mol. The second kappa shape index (κ2) is 7.03. The van der Waals surface area contributed by atoms with Crippen molar-refractivity contribution in [3.63, 3.8) is 0 Å². The summed E-state index contributed by atoms with van der Waals surface area (Å²) in [7, 11) is -1.06. The Morgan fingerprint density at radius 3 is 2.56 bits per heavy atom. The second-order valence-corrected chi connectivity index (χ2v) is 8.97. The van der Waals surface area contributed by atoms with Gasteiger partial charge in [-0.15, -0.1) is 0 Å². The average Bonchev–Trinajstić information content (AvgIpc) is 3.49. The number of H-pyrrole nitrogens is 1. The molecule has 0 radical (unpaired) electrons. The van der Waals surface area contributed by atoms with Crippen molar-refractivity contribution in [1.29, 1.82) is 0 Å². The van der Waals surface area contributed by atoms with Crippen molar-refractivity contribution in [2.24, 2.45) is 0 Å². The predicted molar refractivity (Wildman–Crippen MR) is 112 cm³/mol. The van der Waals surface area contributed by atoms with Gasteiger partial charge < -0.3 is 4.98 Å². The molecule has 4 heterocycles. The molecule has 1 fully saturated rings. The normalized spacial score (nSPS) is 16.1. The molecule has 1 aliphatic rings. The van der Waals surface area contributed by atoms with Crippen LogP contribution in [0.4, 0.5) is 0 Å². The molecule has 0 amide bonds. The van der Waals surface area contributed by atoms with Gasteiger partial charge in [0.2, 0.25) is 0 Å². The Hall–Kier alpha value is -2.28. The number of nitrogens with one attached hydrogen (secondary N) is 1. The third kappa shape index (κ3) is 3.04. The number of pyridine rings is 1. The summed E-state index contributed by atoms with van der Waals surface area (Å²) in [5.41, 5.74) is 5.51. The first-order valence-electron chi connectivity index (χ1n) is 9.07. The summed E-state index contributed by atoms with van der Waals surface area (Å²) >= 11 is 1.70. The third-order valence-electron chi connectivity index (χ3n) is 5.07. The lowest BCUT2D eigenvalue weighted by molar-refractivity contribution is 0.536. The summed E-state index contributed by atoms with van der Waals surface area (Å²) in [6.07, 6.45) is 6.13. The molecule has 0 aliphatic carbocycles. The number of thiophene rings is 1. The Morgan fingerprint density at radius 2 is 1.81 bits per heavy atom. The van der Waals surface area contributed by atoms with Gasteiger partial charge in [-0.1, -0.05) is 12.1 Å². The highest BCUT2D eigenvalue weighted by molar-refractivity contribution is 7.82. The fourth-order valence-electron chi connectivity index (χ4n) is 3.70. The van der Waals surface area contributed by atoms with E-state index < -0.39 is 11.0 Å². The summed E-state index contributed by atoms with van der Waals surface area (Å²) < 4.78 is 14.7. The van der Waals surface area contributed by atoms with E-state index in [0.29, 0.717) is 0 Å². The number of rotatable bonds is 4. The molecule has 1 atom stereocenters. The molecular weight excluding hydrogens is 374 g/mol. The number of aromatic nitrogens is 2. The highest BCUT2D eigenvalue weighted by Gasteiger charge is 2.19. The van der Waals surface area contributed by atoms with E-state index in [1.54, 1.807) is 11.3 Å². The first-order chi connectivity index (χ1) is 13.3. The topological polar surface area (TPSA) is 49.0 Å². The van der Waals surface area contributed by atoms with E-state index in [4.69, 9.17) is 0 Å². The molecule has 1 unspecified atom stereocenters. The van der Waals surface area contributed by atoms with Crippen LogP contribution in [0.25, 0.3) is 33.3 Å². The van der Waals surface area contributed by atoms with Crippen molar-refractivity contribution in [3.05, 3.63) is 59.6 Å².